The van der Waals surface area contributed by atoms with Crippen LogP contribution >= 0.6 is 0 Å². The highest BCUT2D eigenvalue weighted by Crippen LogP contribution is 2.44. The Hall–Kier alpha value is -1.68. The third-order valence-electron chi connectivity index (χ3n) is 4.15. The van der Waals surface area contributed by atoms with Crippen LogP contribution in [0.25, 0.3) is 0 Å². The van der Waals surface area contributed by atoms with Gasteiger partial charge in [-0.15, -0.1) is 0 Å². The summed E-state index contributed by atoms with van der Waals surface area (Å²) in [5.41, 5.74) is 6.79. The lowest BCUT2D eigenvalue weighted by atomic mass is 9.75. The van der Waals surface area contributed by atoms with Crippen molar-refractivity contribution in [3.05, 3.63) is 35.4 Å². The highest BCUT2D eigenvalue weighted by Gasteiger charge is 2.42. The van der Waals surface area contributed by atoms with E-state index in [-0.39, 0.29) is 17.2 Å². The molecule has 4 heteroatoms. The number of benzene rings is 1. The smallest absolute Gasteiger partial charge is 0.306 e. The first kappa shape index (κ1) is 16.7. The number of fused-ring (bicyclic) bond motifs is 1. The number of Topliss-reactive ketones (excluding diaryl/α,β-unsaturated/α-hetero) is 1. The molecular formula is C18H25NO3. The average molecular weight is 303 g/mol. The summed E-state index contributed by atoms with van der Waals surface area (Å²) in [7, 11) is 0. The van der Waals surface area contributed by atoms with Crippen LogP contribution in [-0.2, 0) is 14.9 Å². The van der Waals surface area contributed by atoms with E-state index in [1.54, 1.807) is 0 Å². The number of rotatable bonds is 5. The summed E-state index contributed by atoms with van der Waals surface area (Å²) in [5.74, 6) is -0.0750. The van der Waals surface area contributed by atoms with E-state index in [0.29, 0.717) is 32.2 Å². The molecule has 1 aromatic rings. The molecule has 0 fully saturated rings. The van der Waals surface area contributed by atoms with E-state index in [9.17, 15) is 9.59 Å². The highest BCUT2D eigenvalue weighted by atomic mass is 16.6. The Kier molecular flexibility index (Phi) is 4.71. The second kappa shape index (κ2) is 6.21. The predicted molar refractivity (Wildman–Crippen MR) is 85.8 cm³/mol. The largest absolute Gasteiger partial charge is 0.460 e. The number of ether oxygens (including phenoxy) is 1. The second-order valence-corrected chi connectivity index (χ2v) is 7.05. The molecule has 120 valence electrons. The minimum Gasteiger partial charge on any atom is -0.460 e. The fourth-order valence-corrected chi connectivity index (χ4v) is 3.27. The third-order valence-corrected chi connectivity index (χ3v) is 4.15. The zero-order chi connectivity index (χ0) is 16.4. The Labute approximate surface area is 132 Å². The van der Waals surface area contributed by atoms with Crippen molar-refractivity contribution in [2.24, 2.45) is 5.73 Å². The predicted octanol–water partition coefficient (Wildman–Crippen LogP) is 2.98. The van der Waals surface area contributed by atoms with E-state index in [2.05, 4.69) is 0 Å². The second-order valence-electron chi connectivity index (χ2n) is 7.05. The number of hydrogen-bond acceptors (Lipinski definition) is 4. The van der Waals surface area contributed by atoms with Gasteiger partial charge in [-0.05, 0) is 45.7 Å². The summed E-state index contributed by atoms with van der Waals surface area (Å²) in [5, 5.41) is 0. The van der Waals surface area contributed by atoms with E-state index < -0.39 is 5.60 Å². The van der Waals surface area contributed by atoms with Gasteiger partial charge in [-0.1, -0.05) is 24.3 Å². The zero-order valence-electron chi connectivity index (χ0n) is 13.6. The summed E-state index contributed by atoms with van der Waals surface area (Å²) in [6, 6.07) is 7.67. The fourth-order valence-electron chi connectivity index (χ4n) is 3.27. The van der Waals surface area contributed by atoms with Gasteiger partial charge in [0.05, 0.1) is 0 Å². The van der Waals surface area contributed by atoms with Gasteiger partial charge in [0.25, 0.3) is 0 Å². The highest BCUT2D eigenvalue weighted by molar-refractivity contribution is 6.02. The molecule has 2 rings (SSSR count). The van der Waals surface area contributed by atoms with Crippen LogP contribution in [0.3, 0.4) is 0 Å². The van der Waals surface area contributed by atoms with Crippen molar-refractivity contribution in [1.29, 1.82) is 0 Å². The molecule has 22 heavy (non-hydrogen) atoms. The first-order valence-electron chi connectivity index (χ1n) is 7.82. The van der Waals surface area contributed by atoms with Gasteiger partial charge in [-0.3, -0.25) is 9.59 Å². The summed E-state index contributed by atoms with van der Waals surface area (Å²) >= 11 is 0. The number of carbonyl (C=O) groups is 2. The van der Waals surface area contributed by atoms with Gasteiger partial charge in [0, 0.05) is 23.8 Å². The van der Waals surface area contributed by atoms with Crippen LogP contribution in [-0.4, -0.2) is 23.9 Å². The molecule has 0 radical (unpaired) electrons. The Morgan fingerprint density at radius 3 is 2.59 bits per heavy atom. The van der Waals surface area contributed by atoms with Crippen molar-refractivity contribution in [2.75, 3.05) is 6.54 Å². The van der Waals surface area contributed by atoms with Crippen LogP contribution < -0.4 is 5.73 Å². The van der Waals surface area contributed by atoms with Gasteiger partial charge in [-0.25, -0.2) is 0 Å². The maximum Gasteiger partial charge on any atom is 0.306 e. The van der Waals surface area contributed by atoms with Crippen LogP contribution in [0.2, 0.25) is 0 Å². The monoisotopic (exact) mass is 303 g/mol. The Morgan fingerprint density at radius 1 is 1.27 bits per heavy atom. The van der Waals surface area contributed by atoms with Crippen LogP contribution in [0, 0.1) is 0 Å². The van der Waals surface area contributed by atoms with E-state index in [4.69, 9.17) is 10.5 Å². The van der Waals surface area contributed by atoms with Crippen LogP contribution in [0.4, 0.5) is 0 Å². The van der Waals surface area contributed by atoms with Crippen LogP contribution in [0.15, 0.2) is 24.3 Å². The average Bonchev–Trinajstić information content (AvgIpc) is 2.70. The number of esters is 1. The quantitative estimate of drug-likeness (QED) is 0.849. The first-order valence-corrected chi connectivity index (χ1v) is 7.82. The molecule has 2 N–H and O–H groups in total. The minimum absolute atomic E-state index is 0.147. The lowest BCUT2D eigenvalue weighted by Crippen LogP contribution is -2.30. The fraction of sp³-hybridized carbons (Fsp3) is 0.556. The molecule has 1 aromatic carbocycles. The molecule has 0 bridgehead atoms. The molecule has 1 atom stereocenters. The van der Waals surface area contributed by atoms with Gasteiger partial charge >= 0.3 is 5.97 Å². The van der Waals surface area contributed by atoms with E-state index in [0.717, 1.165) is 11.1 Å². The normalized spacial score (nSPS) is 20.8. The zero-order valence-corrected chi connectivity index (χ0v) is 13.6. The standard InChI is InChI=1S/C18H25NO3/c1-17(2,3)22-16(21)8-9-18(10-11-19)12-15(20)13-6-4-5-7-14(13)18/h4-7H,8-12,19H2,1-3H3. The molecule has 0 aromatic heterocycles. The molecule has 1 aliphatic rings. The lowest BCUT2D eigenvalue weighted by molar-refractivity contribution is -0.155. The topological polar surface area (TPSA) is 69.4 Å². The molecule has 4 nitrogen and oxygen atoms in total. The molecule has 0 spiro atoms. The Bertz CT molecular complexity index is 574. The Morgan fingerprint density at radius 2 is 1.95 bits per heavy atom. The molecule has 0 aliphatic heterocycles. The summed E-state index contributed by atoms with van der Waals surface area (Å²) in [4.78, 5) is 24.3. The molecule has 1 unspecified atom stereocenters. The molecular weight excluding hydrogens is 278 g/mol. The molecule has 0 heterocycles. The molecule has 0 saturated heterocycles. The van der Waals surface area contributed by atoms with E-state index in [1.807, 2.05) is 45.0 Å². The minimum atomic E-state index is -0.485. The number of carbonyl (C=O) groups excluding carboxylic acids is 2. The van der Waals surface area contributed by atoms with Gasteiger partial charge < -0.3 is 10.5 Å². The van der Waals surface area contributed by atoms with Gasteiger partial charge in [-0.2, -0.15) is 0 Å². The first-order chi connectivity index (χ1) is 10.3. The van der Waals surface area contributed by atoms with Crippen LogP contribution in [0.5, 0.6) is 0 Å². The summed E-state index contributed by atoms with van der Waals surface area (Å²) in [6.45, 7) is 6.06. The summed E-state index contributed by atoms with van der Waals surface area (Å²) in [6.07, 6.45) is 2.05. The van der Waals surface area contributed by atoms with Crippen molar-refractivity contribution in [3.8, 4) is 0 Å². The maximum absolute atomic E-state index is 12.3. The molecule has 1 aliphatic carbocycles. The number of ketones is 1. The van der Waals surface area contributed by atoms with Gasteiger partial charge in [0.2, 0.25) is 0 Å². The van der Waals surface area contributed by atoms with Crippen molar-refractivity contribution in [1.82, 2.24) is 0 Å². The Balaban J connectivity index is 2.18. The maximum atomic E-state index is 12.3. The van der Waals surface area contributed by atoms with Gasteiger partial charge in [0.15, 0.2) is 5.78 Å². The third kappa shape index (κ3) is 3.55. The van der Waals surface area contributed by atoms with Gasteiger partial charge in [0.1, 0.15) is 5.60 Å². The summed E-state index contributed by atoms with van der Waals surface area (Å²) < 4.78 is 5.38. The van der Waals surface area contributed by atoms with E-state index >= 15 is 0 Å². The van der Waals surface area contributed by atoms with Crippen LogP contribution in [0.1, 0.15) is 62.4 Å². The molecule has 0 amide bonds. The SMILES string of the molecule is CC(C)(C)OC(=O)CCC1(CCN)CC(=O)c2ccccc21. The van der Waals surface area contributed by atoms with E-state index in [1.165, 1.54) is 0 Å². The number of hydrogen-bond donors (Lipinski definition) is 1. The van der Waals surface area contributed by atoms with Crippen molar-refractivity contribution in [3.63, 3.8) is 0 Å². The molecule has 0 saturated carbocycles. The van der Waals surface area contributed by atoms with Crippen molar-refractivity contribution in [2.45, 2.75) is 57.5 Å². The van der Waals surface area contributed by atoms with Crippen molar-refractivity contribution < 1.29 is 14.3 Å². The lowest BCUT2D eigenvalue weighted by Gasteiger charge is -2.30. The number of nitrogens with two attached hydrogens (primary N) is 1. The van der Waals surface area contributed by atoms with Crippen molar-refractivity contribution >= 4 is 11.8 Å².